The Morgan fingerprint density at radius 3 is 2.56 bits per heavy atom. The van der Waals surface area contributed by atoms with Gasteiger partial charge in [-0.2, -0.15) is 0 Å². The maximum Gasteiger partial charge on any atom is 0.199 e. The molecular weight excluding hydrogens is 250 g/mol. The Kier molecular flexibility index (Phi) is 2.48. The first kappa shape index (κ1) is 11.1. The minimum atomic E-state index is 0.367. The van der Waals surface area contributed by atoms with Gasteiger partial charge in [0.05, 0.1) is 5.69 Å². The van der Waals surface area contributed by atoms with Gasteiger partial charge in [-0.05, 0) is 26.0 Å². The predicted molar refractivity (Wildman–Crippen MR) is 68.5 cm³/mol. The van der Waals surface area contributed by atoms with E-state index < -0.39 is 0 Å². The van der Waals surface area contributed by atoms with Gasteiger partial charge in [0.2, 0.25) is 0 Å². The molecule has 0 fully saturated rings. The Hall–Kier alpha value is -2.01. The zero-order chi connectivity index (χ0) is 12.7. The molecule has 0 amide bonds. The van der Waals surface area contributed by atoms with Gasteiger partial charge in [-0.25, -0.2) is 4.98 Å². The van der Waals surface area contributed by atoms with Crippen LogP contribution in [0.5, 0.6) is 0 Å². The minimum Gasteiger partial charge on any atom is -0.275 e. The molecule has 0 saturated heterocycles. The molecule has 3 heterocycles. The van der Waals surface area contributed by atoms with Crippen molar-refractivity contribution < 1.29 is 0 Å². The lowest BCUT2D eigenvalue weighted by atomic mass is 10.2. The van der Waals surface area contributed by atoms with Crippen LogP contribution in [0.1, 0.15) is 11.4 Å². The van der Waals surface area contributed by atoms with Crippen LogP contribution in [0, 0.1) is 13.8 Å². The smallest absolute Gasteiger partial charge is 0.199 e. The number of nitrogens with zero attached hydrogens (tertiary/aromatic N) is 5. The highest BCUT2D eigenvalue weighted by molar-refractivity contribution is 6.32. The number of pyridine rings is 1. The third-order valence-corrected chi connectivity index (χ3v) is 3.16. The molecule has 0 aromatic carbocycles. The van der Waals surface area contributed by atoms with E-state index in [2.05, 4.69) is 20.2 Å². The molecule has 3 aromatic heterocycles. The standard InChI is InChI=1S/C12H10ClN5/c1-7-8(2)18-11(9-3-5-14-6-4-9)16-17-12(18)10(13)15-7/h3-6H,1-2H3. The first-order valence-electron chi connectivity index (χ1n) is 5.46. The average Bonchev–Trinajstić information content (AvgIpc) is 2.82. The van der Waals surface area contributed by atoms with Gasteiger partial charge in [0, 0.05) is 23.7 Å². The molecule has 0 aliphatic carbocycles. The van der Waals surface area contributed by atoms with Crippen molar-refractivity contribution in [3.63, 3.8) is 0 Å². The first-order chi connectivity index (χ1) is 8.68. The molecule has 18 heavy (non-hydrogen) atoms. The summed E-state index contributed by atoms with van der Waals surface area (Å²) in [4.78, 5) is 8.24. The molecule has 6 heteroatoms. The van der Waals surface area contributed by atoms with Gasteiger partial charge in [0.15, 0.2) is 16.6 Å². The fourth-order valence-electron chi connectivity index (χ4n) is 1.86. The minimum absolute atomic E-state index is 0.367. The second kappa shape index (κ2) is 4.03. The molecule has 0 radical (unpaired) electrons. The quantitative estimate of drug-likeness (QED) is 0.674. The summed E-state index contributed by atoms with van der Waals surface area (Å²) in [6.45, 7) is 3.89. The Morgan fingerprint density at radius 2 is 1.83 bits per heavy atom. The van der Waals surface area contributed by atoms with Crippen LogP contribution >= 0.6 is 11.6 Å². The molecule has 0 aliphatic heterocycles. The lowest BCUT2D eigenvalue weighted by molar-refractivity contribution is 0.999. The van der Waals surface area contributed by atoms with Crippen molar-refractivity contribution in [2.75, 3.05) is 0 Å². The van der Waals surface area contributed by atoms with Gasteiger partial charge in [-0.1, -0.05) is 11.6 Å². The summed E-state index contributed by atoms with van der Waals surface area (Å²) in [5.41, 5.74) is 3.36. The van der Waals surface area contributed by atoms with E-state index in [1.807, 2.05) is 30.4 Å². The monoisotopic (exact) mass is 259 g/mol. The number of rotatable bonds is 1. The number of aryl methyl sites for hydroxylation is 2. The number of hydrogen-bond donors (Lipinski definition) is 0. The summed E-state index contributed by atoms with van der Waals surface area (Å²) in [6, 6.07) is 3.78. The largest absolute Gasteiger partial charge is 0.275 e. The predicted octanol–water partition coefficient (Wildman–Crippen LogP) is 2.46. The van der Waals surface area contributed by atoms with E-state index in [0.29, 0.717) is 10.8 Å². The van der Waals surface area contributed by atoms with Crippen molar-refractivity contribution >= 4 is 17.2 Å². The summed E-state index contributed by atoms with van der Waals surface area (Å²) in [5, 5.41) is 8.65. The molecule has 0 bridgehead atoms. The summed E-state index contributed by atoms with van der Waals surface area (Å²) >= 11 is 6.09. The van der Waals surface area contributed by atoms with Gasteiger partial charge in [-0.15, -0.1) is 10.2 Å². The molecule has 0 spiro atoms. The average molecular weight is 260 g/mol. The van der Waals surface area contributed by atoms with Gasteiger partial charge in [-0.3, -0.25) is 9.38 Å². The van der Waals surface area contributed by atoms with Gasteiger partial charge in [0.1, 0.15) is 0 Å². The molecule has 3 aromatic rings. The third-order valence-electron chi connectivity index (χ3n) is 2.91. The fourth-order valence-corrected chi connectivity index (χ4v) is 2.11. The maximum atomic E-state index is 6.09. The SMILES string of the molecule is Cc1nc(Cl)c2nnc(-c3ccncc3)n2c1C. The Morgan fingerprint density at radius 1 is 1.11 bits per heavy atom. The molecule has 90 valence electrons. The van der Waals surface area contributed by atoms with Crippen molar-refractivity contribution in [2.24, 2.45) is 0 Å². The van der Waals surface area contributed by atoms with Crippen molar-refractivity contribution in [3.8, 4) is 11.4 Å². The summed E-state index contributed by atoms with van der Waals surface area (Å²) in [7, 11) is 0. The van der Waals surface area contributed by atoms with E-state index in [-0.39, 0.29) is 0 Å². The lowest BCUT2D eigenvalue weighted by Crippen LogP contribution is -2.00. The van der Waals surface area contributed by atoms with Crippen molar-refractivity contribution in [1.29, 1.82) is 0 Å². The summed E-state index contributed by atoms with van der Waals surface area (Å²) in [5.74, 6) is 0.748. The number of hydrogen-bond acceptors (Lipinski definition) is 4. The van der Waals surface area contributed by atoms with Crippen molar-refractivity contribution in [1.82, 2.24) is 24.6 Å². The molecule has 0 N–H and O–H groups in total. The molecule has 0 atom stereocenters. The van der Waals surface area contributed by atoms with E-state index in [0.717, 1.165) is 22.8 Å². The third kappa shape index (κ3) is 1.55. The molecule has 0 saturated carbocycles. The van der Waals surface area contributed by atoms with Crippen LogP contribution in [0.15, 0.2) is 24.5 Å². The van der Waals surface area contributed by atoms with E-state index >= 15 is 0 Å². The Bertz CT molecular complexity index is 720. The van der Waals surface area contributed by atoms with Crippen molar-refractivity contribution in [2.45, 2.75) is 13.8 Å². The van der Waals surface area contributed by atoms with Crippen LogP contribution < -0.4 is 0 Å². The summed E-state index contributed by atoms with van der Waals surface area (Å²) in [6.07, 6.45) is 3.45. The molecule has 0 aliphatic rings. The van der Waals surface area contributed by atoms with E-state index in [4.69, 9.17) is 11.6 Å². The highest BCUT2D eigenvalue weighted by Gasteiger charge is 2.14. The van der Waals surface area contributed by atoms with Gasteiger partial charge >= 0.3 is 0 Å². The maximum absolute atomic E-state index is 6.09. The zero-order valence-corrected chi connectivity index (χ0v) is 10.7. The Labute approximate surface area is 108 Å². The number of aromatic nitrogens is 5. The van der Waals surface area contributed by atoms with E-state index in [1.165, 1.54) is 0 Å². The Balaban J connectivity index is 2.39. The van der Waals surface area contributed by atoms with Gasteiger partial charge in [0.25, 0.3) is 0 Å². The zero-order valence-electron chi connectivity index (χ0n) is 9.92. The normalized spacial score (nSPS) is 11.1. The van der Waals surface area contributed by atoms with E-state index in [1.54, 1.807) is 12.4 Å². The van der Waals surface area contributed by atoms with Crippen LogP contribution in [0.4, 0.5) is 0 Å². The highest BCUT2D eigenvalue weighted by atomic mass is 35.5. The van der Waals surface area contributed by atoms with Crippen LogP contribution in [-0.4, -0.2) is 24.6 Å². The molecule has 5 nitrogen and oxygen atoms in total. The molecule has 3 rings (SSSR count). The first-order valence-corrected chi connectivity index (χ1v) is 5.84. The number of halogens is 1. The lowest BCUT2D eigenvalue weighted by Gasteiger charge is -2.06. The molecule has 0 unspecified atom stereocenters. The fraction of sp³-hybridized carbons (Fsp3) is 0.167. The van der Waals surface area contributed by atoms with Gasteiger partial charge < -0.3 is 0 Å². The second-order valence-electron chi connectivity index (χ2n) is 3.99. The van der Waals surface area contributed by atoms with Crippen LogP contribution in [-0.2, 0) is 0 Å². The summed E-state index contributed by atoms with van der Waals surface area (Å²) < 4.78 is 1.92. The van der Waals surface area contributed by atoms with Crippen LogP contribution in [0.25, 0.3) is 17.0 Å². The van der Waals surface area contributed by atoms with Crippen molar-refractivity contribution in [3.05, 3.63) is 41.1 Å². The van der Waals surface area contributed by atoms with Crippen LogP contribution in [0.2, 0.25) is 5.15 Å². The number of fused-ring (bicyclic) bond motifs is 1. The van der Waals surface area contributed by atoms with E-state index in [9.17, 15) is 0 Å². The second-order valence-corrected chi connectivity index (χ2v) is 4.35. The topological polar surface area (TPSA) is 56.0 Å². The highest BCUT2D eigenvalue weighted by Crippen LogP contribution is 2.23. The molecular formula is C12H10ClN5. The van der Waals surface area contributed by atoms with Crippen LogP contribution in [0.3, 0.4) is 0 Å².